The van der Waals surface area contributed by atoms with Gasteiger partial charge >= 0.3 is 0 Å². The van der Waals surface area contributed by atoms with Crippen LogP contribution in [0, 0.1) is 0 Å². The first-order valence-corrected chi connectivity index (χ1v) is 7.68. The summed E-state index contributed by atoms with van der Waals surface area (Å²) in [5, 5.41) is 3.74. The topological polar surface area (TPSA) is 12.0 Å². The zero-order chi connectivity index (χ0) is 13.8. The summed E-state index contributed by atoms with van der Waals surface area (Å²) >= 11 is 0. The van der Waals surface area contributed by atoms with Gasteiger partial charge in [0, 0.05) is 11.4 Å². The van der Waals surface area contributed by atoms with E-state index >= 15 is 0 Å². The van der Waals surface area contributed by atoms with Gasteiger partial charge in [-0.25, -0.2) is 0 Å². The van der Waals surface area contributed by atoms with Gasteiger partial charge in [0.25, 0.3) is 0 Å². The van der Waals surface area contributed by atoms with Crippen molar-refractivity contribution < 1.29 is 0 Å². The van der Waals surface area contributed by atoms with Crippen LogP contribution in [0.1, 0.15) is 76.3 Å². The van der Waals surface area contributed by atoms with E-state index in [9.17, 15) is 0 Å². The highest BCUT2D eigenvalue weighted by atomic mass is 14.9. The number of anilines is 1. The molecule has 1 nitrogen and oxygen atoms in total. The van der Waals surface area contributed by atoms with Crippen molar-refractivity contribution in [1.29, 1.82) is 0 Å². The fourth-order valence-corrected chi connectivity index (χ4v) is 2.81. The molecule has 1 aromatic rings. The molecule has 19 heavy (non-hydrogen) atoms. The van der Waals surface area contributed by atoms with Crippen molar-refractivity contribution in [2.24, 2.45) is 0 Å². The van der Waals surface area contributed by atoms with Gasteiger partial charge in [-0.15, -0.1) is 0 Å². The largest absolute Gasteiger partial charge is 0.359 e. The van der Waals surface area contributed by atoms with Crippen molar-refractivity contribution in [1.82, 2.24) is 0 Å². The summed E-state index contributed by atoms with van der Waals surface area (Å²) in [5.41, 5.74) is 5.66. The SMILES string of the molecule is CC(C)c1cccc(C(C)C)c1NC1=CCCCC1. The van der Waals surface area contributed by atoms with E-state index in [1.54, 1.807) is 0 Å². The van der Waals surface area contributed by atoms with Crippen molar-refractivity contribution in [3.63, 3.8) is 0 Å². The standard InChI is InChI=1S/C18H27N/c1-13(2)16-11-8-12-17(14(3)4)18(16)19-15-9-6-5-7-10-15/h8-9,11-14,19H,5-7,10H2,1-4H3. The minimum atomic E-state index is 0.561. The highest BCUT2D eigenvalue weighted by Gasteiger charge is 2.15. The molecule has 0 atom stereocenters. The molecule has 104 valence electrons. The van der Waals surface area contributed by atoms with E-state index in [4.69, 9.17) is 0 Å². The van der Waals surface area contributed by atoms with E-state index in [0.717, 1.165) is 0 Å². The average Bonchev–Trinajstić information content (AvgIpc) is 2.39. The molecule has 0 radical (unpaired) electrons. The Labute approximate surface area is 118 Å². The van der Waals surface area contributed by atoms with Crippen molar-refractivity contribution in [2.75, 3.05) is 5.32 Å². The van der Waals surface area contributed by atoms with E-state index < -0.39 is 0 Å². The van der Waals surface area contributed by atoms with Gasteiger partial charge in [-0.3, -0.25) is 0 Å². The van der Waals surface area contributed by atoms with Gasteiger partial charge in [0.2, 0.25) is 0 Å². The second-order valence-electron chi connectivity index (χ2n) is 6.22. The van der Waals surface area contributed by atoms with Gasteiger partial charge in [0.05, 0.1) is 0 Å². The smallest absolute Gasteiger partial charge is 0.0452 e. The van der Waals surface area contributed by atoms with Crippen molar-refractivity contribution in [3.8, 4) is 0 Å². The van der Waals surface area contributed by atoms with Gasteiger partial charge in [0.1, 0.15) is 0 Å². The third kappa shape index (κ3) is 3.40. The summed E-state index contributed by atoms with van der Waals surface area (Å²) in [6, 6.07) is 6.73. The Kier molecular flexibility index (Phi) is 4.68. The highest BCUT2D eigenvalue weighted by molar-refractivity contribution is 5.62. The summed E-state index contributed by atoms with van der Waals surface area (Å²) in [6.07, 6.45) is 7.46. The van der Waals surface area contributed by atoms with Crippen LogP contribution in [0.3, 0.4) is 0 Å². The monoisotopic (exact) mass is 257 g/mol. The Balaban J connectivity index is 2.37. The summed E-state index contributed by atoms with van der Waals surface area (Å²) in [5.74, 6) is 1.12. The van der Waals surface area contributed by atoms with E-state index in [0.29, 0.717) is 11.8 Å². The first-order valence-electron chi connectivity index (χ1n) is 7.68. The zero-order valence-corrected chi connectivity index (χ0v) is 12.8. The second kappa shape index (κ2) is 6.27. The van der Waals surface area contributed by atoms with Crippen molar-refractivity contribution in [3.05, 3.63) is 41.1 Å². The molecule has 0 heterocycles. The number of benzene rings is 1. The molecule has 1 heteroatoms. The van der Waals surface area contributed by atoms with E-state index in [2.05, 4.69) is 57.3 Å². The Hall–Kier alpha value is -1.24. The number of nitrogens with one attached hydrogen (secondary N) is 1. The van der Waals surface area contributed by atoms with Crippen LogP contribution in [0.2, 0.25) is 0 Å². The van der Waals surface area contributed by atoms with Gasteiger partial charge in [0.15, 0.2) is 0 Å². The van der Waals surface area contributed by atoms with E-state index in [1.165, 1.54) is 48.2 Å². The van der Waals surface area contributed by atoms with Crippen LogP contribution in [-0.2, 0) is 0 Å². The van der Waals surface area contributed by atoms with Gasteiger partial charge < -0.3 is 5.32 Å². The molecule has 0 unspecified atom stereocenters. The Morgan fingerprint density at radius 3 is 2.05 bits per heavy atom. The normalized spacial score (nSPS) is 15.8. The van der Waals surface area contributed by atoms with Crippen LogP contribution in [0.25, 0.3) is 0 Å². The van der Waals surface area contributed by atoms with Crippen LogP contribution in [0.4, 0.5) is 5.69 Å². The maximum absolute atomic E-state index is 3.74. The molecule has 0 aliphatic heterocycles. The van der Waals surface area contributed by atoms with Crippen LogP contribution in [0.15, 0.2) is 30.0 Å². The van der Waals surface area contributed by atoms with Gasteiger partial charge in [-0.05, 0) is 48.6 Å². The van der Waals surface area contributed by atoms with Gasteiger partial charge in [-0.2, -0.15) is 0 Å². The molecule has 0 saturated heterocycles. The second-order valence-corrected chi connectivity index (χ2v) is 6.22. The minimum absolute atomic E-state index is 0.561. The number of hydrogen-bond donors (Lipinski definition) is 1. The van der Waals surface area contributed by atoms with Gasteiger partial charge in [-0.1, -0.05) is 52.0 Å². The molecule has 1 aliphatic rings. The number of para-hydroxylation sites is 1. The summed E-state index contributed by atoms with van der Waals surface area (Å²) in [6.45, 7) is 9.11. The molecule has 1 aromatic carbocycles. The first kappa shape index (κ1) is 14.2. The fourth-order valence-electron chi connectivity index (χ4n) is 2.81. The predicted molar refractivity (Wildman–Crippen MR) is 84.8 cm³/mol. The lowest BCUT2D eigenvalue weighted by atomic mass is 9.92. The lowest BCUT2D eigenvalue weighted by Crippen LogP contribution is -2.09. The molecular weight excluding hydrogens is 230 g/mol. The molecule has 0 fully saturated rings. The van der Waals surface area contributed by atoms with E-state index in [1.807, 2.05) is 0 Å². The lowest BCUT2D eigenvalue weighted by Gasteiger charge is -2.23. The van der Waals surface area contributed by atoms with Crippen LogP contribution >= 0.6 is 0 Å². The van der Waals surface area contributed by atoms with Crippen LogP contribution in [0.5, 0.6) is 0 Å². The molecular formula is C18H27N. The molecule has 0 aromatic heterocycles. The molecule has 0 spiro atoms. The van der Waals surface area contributed by atoms with Crippen LogP contribution in [-0.4, -0.2) is 0 Å². The Morgan fingerprint density at radius 2 is 1.58 bits per heavy atom. The van der Waals surface area contributed by atoms with Crippen molar-refractivity contribution in [2.45, 2.75) is 65.2 Å². The summed E-state index contributed by atoms with van der Waals surface area (Å²) < 4.78 is 0. The number of hydrogen-bond acceptors (Lipinski definition) is 1. The van der Waals surface area contributed by atoms with Crippen molar-refractivity contribution >= 4 is 5.69 Å². The van der Waals surface area contributed by atoms with E-state index in [-0.39, 0.29) is 0 Å². The quantitative estimate of drug-likeness (QED) is 0.718. The maximum atomic E-state index is 3.74. The Morgan fingerprint density at radius 1 is 0.947 bits per heavy atom. The first-order chi connectivity index (χ1) is 9.09. The zero-order valence-electron chi connectivity index (χ0n) is 12.8. The molecule has 0 bridgehead atoms. The summed E-state index contributed by atoms with van der Waals surface area (Å²) in [4.78, 5) is 0. The number of rotatable bonds is 4. The van der Waals surface area contributed by atoms with Crippen LogP contribution < -0.4 is 5.32 Å². The lowest BCUT2D eigenvalue weighted by molar-refractivity contribution is 0.703. The summed E-state index contributed by atoms with van der Waals surface area (Å²) in [7, 11) is 0. The fraction of sp³-hybridized carbons (Fsp3) is 0.556. The molecule has 0 amide bonds. The molecule has 1 aliphatic carbocycles. The predicted octanol–water partition coefficient (Wildman–Crippen LogP) is 5.80. The third-order valence-electron chi connectivity index (χ3n) is 3.95. The minimum Gasteiger partial charge on any atom is -0.359 e. The molecule has 2 rings (SSSR count). The average molecular weight is 257 g/mol. The number of allylic oxidation sites excluding steroid dienone is 2. The maximum Gasteiger partial charge on any atom is 0.0452 e. The highest BCUT2D eigenvalue weighted by Crippen LogP contribution is 2.34. The third-order valence-corrected chi connectivity index (χ3v) is 3.95. The Bertz CT molecular complexity index is 429. The molecule has 1 N–H and O–H groups in total. The molecule has 0 saturated carbocycles.